The normalized spacial score (nSPS) is 16.6. The van der Waals surface area contributed by atoms with Crippen LogP contribution in [-0.4, -0.2) is 45.4 Å². The number of rotatable bonds is 4. The Balaban J connectivity index is 1.37. The average Bonchev–Trinajstić information content (AvgIpc) is 2.93. The van der Waals surface area contributed by atoms with Gasteiger partial charge in [-0.2, -0.15) is 13.2 Å². The Kier molecular flexibility index (Phi) is 5.87. The molecule has 30 heavy (non-hydrogen) atoms. The Morgan fingerprint density at radius 3 is 2.30 bits per heavy atom. The van der Waals surface area contributed by atoms with Gasteiger partial charge in [0.1, 0.15) is 5.65 Å². The van der Waals surface area contributed by atoms with Crippen molar-refractivity contribution in [2.75, 3.05) is 26.2 Å². The summed E-state index contributed by atoms with van der Waals surface area (Å²) in [6, 6.07) is 12.5. The van der Waals surface area contributed by atoms with E-state index in [-0.39, 0.29) is 5.56 Å². The molecule has 0 bridgehead atoms. The van der Waals surface area contributed by atoms with Crippen LogP contribution in [0.5, 0.6) is 0 Å². The van der Waals surface area contributed by atoms with Crippen molar-refractivity contribution in [3.05, 3.63) is 81.9 Å². The fourth-order valence-electron chi connectivity index (χ4n) is 3.81. The maximum Gasteiger partial charge on any atom is 0.416 e. The lowest BCUT2D eigenvalue weighted by atomic mass is 10.1. The number of pyridine rings is 1. The first-order valence-corrected chi connectivity index (χ1v) is 9.97. The van der Waals surface area contributed by atoms with Crippen LogP contribution in [0.25, 0.3) is 5.65 Å². The summed E-state index contributed by atoms with van der Waals surface area (Å²) in [5.41, 5.74) is 1.56. The largest absolute Gasteiger partial charge is 0.416 e. The molecule has 3 aromatic rings. The van der Waals surface area contributed by atoms with Crippen molar-refractivity contribution in [1.29, 1.82) is 0 Å². The van der Waals surface area contributed by atoms with Gasteiger partial charge in [-0.15, -0.1) is 0 Å². The van der Waals surface area contributed by atoms with E-state index >= 15 is 0 Å². The summed E-state index contributed by atoms with van der Waals surface area (Å²) < 4.78 is 39.7. The van der Waals surface area contributed by atoms with Crippen molar-refractivity contribution in [3.63, 3.8) is 0 Å². The van der Waals surface area contributed by atoms with Crippen molar-refractivity contribution < 1.29 is 13.2 Å². The molecule has 1 aliphatic rings. The number of hydrogen-bond acceptors (Lipinski definition) is 4. The molecule has 0 atom stereocenters. The standard InChI is InChI=1S/C22H23F3N4O/c23-22(24,25)18-7-5-17(6-8-18)15-27-9-3-10-28(13-12-27)16-19-14-21(30)29-11-2-1-4-20(29)26-19/h1-2,4-8,11,14H,3,9-10,12-13,15-16H2. The zero-order chi connectivity index (χ0) is 21.1. The molecule has 0 spiro atoms. The Bertz CT molecular complexity index is 1060. The molecule has 0 aliphatic carbocycles. The third-order valence-corrected chi connectivity index (χ3v) is 5.38. The molecular formula is C22H23F3N4O. The van der Waals surface area contributed by atoms with E-state index in [1.165, 1.54) is 4.40 Å². The van der Waals surface area contributed by atoms with Crippen molar-refractivity contribution in [2.45, 2.75) is 25.7 Å². The van der Waals surface area contributed by atoms with Crippen LogP contribution in [0.1, 0.15) is 23.2 Å². The van der Waals surface area contributed by atoms with Crippen LogP contribution >= 0.6 is 0 Å². The van der Waals surface area contributed by atoms with Crippen molar-refractivity contribution >= 4 is 5.65 Å². The summed E-state index contributed by atoms with van der Waals surface area (Å²) in [4.78, 5) is 21.4. The Morgan fingerprint density at radius 1 is 0.900 bits per heavy atom. The van der Waals surface area contributed by atoms with Gasteiger partial charge in [-0.3, -0.25) is 19.0 Å². The Hall–Kier alpha value is -2.71. The molecule has 0 N–H and O–H groups in total. The Labute approximate surface area is 172 Å². The predicted octanol–water partition coefficient (Wildman–Crippen LogP) is 3.42. The van der Waals surface area contributed by atoms with Crippen LogP contribution in [0.3, 0.4) is 0 Å². The van der Waals surface area contributed by atoms with Crippen molar-refractivity contribution in [2.24, 2.45) is 0 Å². The lowest BCUT2D eigenvalue weighted by Crippen LogP contribution is -2.31. The summed E-state index contributed by atoms with van der Waals surface area (Å²) in [5.74, 6) is 0. The molecule has 1 fully saturated rings. The monoisotopic (exact) mass is 416 g/mol. The van der Waals surface area contributed by atoms with Gasteiger partial charge in [0.15, 0.2) is 0 Å². The molecule has 4 rings (SSSR count). The SMILES string of the molecule is O=c1cc(CN2CCCN(Cc3ccc(C(F)(F)F)cc3)CC2)nc2ccccn12. The third-order valence-electron chi connectivity index (χ3n) is 5.38. The number of fused-ring (bicyclic) bond motifs is 1. The smallest absolute Gasteiger partial charge is 0.298 e. The molecule has 3 heterocycles. The fourth-order valence-corrected chi connectivity index (χ4v) is 3.81. The zero-order valence-corrected chi connectivity index (χ0v) is 16.5. The van der Waals surface area contributed by atoms with E-state index in [1.807, 2.05) is 12.1 Å². The minimum Gasteiger partial charge on any atom is -0.298 e. The topological polar surface area (TPSA) is 40.9 Å². The number of halogens is 3. The number of aromatic nitrogens is 2. The van der Waals surface area contributed by atoms with Crippen LogP contribution in [-0.2, 0) is 19.3 Å². The molecule has 8 heteroatoms. The number of nitrogens with zero attached hydrogens (tertiary/aromatic N) is 4. The summed E-state index contributed by atoms with van der Waals surface area (Å²) in [5, 5.41) is 0. The van der Waals surface area contributed by atoms with Gasteiger partial charge in [-0.25, -0.2) is 4.98 Å². The quantitative estimate of drug-likeness (QED) is 0.654. The number of benzene rings is 1. The van der Waals surface area contributed by atoms with Crippen molar-refractivity contribution in [3.8, 4) is 0 Å². The first-order chi connectivity index (χ1) is 14.4. The first-order valence-electron chi connectivity index (χ1n) is 9.97. The predicted molar refractivity (Wildman–Crippen MR) is 108 cm³/mol. The van der Waals surface area contributed by atoms with E-state index in [0.717, 1.165) is 56.0 Å². The molecule has 0 radical (unpaired) electrons. The maximum absolute atomic E-state index is 12.7. The van der Waals surface area contributed by atoms with E-state index in [1.54, 1.807) is 30.5 Å². The second-order valence-corrected chi connectivity index (χ2v) is 7.62. The minimum absolute atomic E-state index is 0.0886. The van der Waals surface area contributed by atoms with Crippen LogP contribution in [0.2, 0.25) is 0 Å². The molecular weight excluding hydrogens is 393 g/mol. The van der Waals surface area contributed by atoms with Crippen LogP contribution in [0, 0.1) is 0 Å². The van der Waals surface area contributed by atoms with Crippen molar-refractivity contribution in [1.82, 2.24) is 19.2 Å². The number of alkyl halides is 3. The Morgan fingerprint density at radius 2 is 1.60 bits per heavy atom. The van der Waals surface area contributed by atoms with Crippen LogP contribution < -0.4 is 5.56 Å². The van der Waals surface area contributed by atoms with Gasteiger partial charge in [0.2, 0.25) is 0 Å². The van der Waals surface area contributed by atoms with Crippen LogP contribution in [0.15, 0.2) is 59.5 Å². The highest BCUT2D eigenvalue weighted by molar-refractivity contribution is 5.38. The molecule has 5 nitrogen and oxygen atoms in total. The van der Waals surface area contributed by atoms with Crippen LogP contribution in [0.4, 0.5) is 13.2 Å². The summed E-state index contributed by atoms with van der Waals surface area (Å²) in [6.07, 6.45) is -1.65. The van der Waals surface area contributed by atoms with Gasteiger partial charge in [-0.1, -0.05) is 18.2 Å². The van der Waals surface area contributed by atoms with E-state index < -0.39 is 11.7 Å². The zero-order valence-electron chi connectivity index (χ0n) is 16.5. The molecule has 1 saturated heterocycles. The van der Waals surface area contributed by atoms with Gasteiger partial charge >= 0.3 is 6.18 Å². The lowest BCUT2D eigenvalue weighted by Gasteiger charge is -2.22. The molecule has 2 aromatic heterocycles. The van der Waals surface area contributed by atoms with E-state index in [0.29, 0.717) is 18.7 Å². The molecule has 1 aliphatic heterocycles. The minimum atomic E-state index is -4.30. The fraction of sp³-hybridized carbons (Fsp3) is 0.364. The molecule has 1 aromatic carbocycles. The summed E-state index contributed by atoms with van der Waals surface area (Å²) in [7, 11) is 0. The third kappa shape index (κ3) is 4.88. The second-order valence-electron chi connectivity index (χ2n) is 7.62. The molecule has 0 unspecified atom stereocenters. The van der Waals surface area contributed by atoms with Gasteiger partial charge in [-0.05, 0) is 49.3 Å². The van der Waals surface area contributed by atoms with Gasteiger partial charge in [0, 0.05) is 38.4 Å². The van der Waals surface area contributed by atoms with Gasteiger partial charge in [0.05, 0.1) is 11.3 Å². The van der Waals surface area contributed by atoms with Gasteiger partial charge < -0.3 is 0 Å². The second kappa shape index (κ2) is 8.57. The maximum atomic E-state index is 12.7. The lowest BCUT2D eigenvalue weighted by molar-refractivity contribution is -0.137. The van der Waals surface area contributed by atoms with E-state index in [2.05, 4.69) is 14.8 Å². The van der Waals surface area contributed by atoms with E-state index in [4.69, 9.17) is 0 Å². The molecule has 0 amide bonds. The highest BCUT2D eigenvalue weighted by Crippen LogP contribution is 2.29. The van der Waals surface area contributed by atoms with E-state index in [9.17, 15) is 18.0 Å². The first kappa shape index (κ1) is 20.6. The highest BCUT2D eigenvalue weighted by atomic mass is 19.4. The molecule has 158 valence electrons. The van der Waals surface area contributed by atoms with Gasteiger partial charge in [0.25, 0.3) is 5.56 Å². The summed E-state index contributed by atoms with van der Waals surface area (Å²) in [6.45, 7) is 4.63. The summed E-state index contributed by atoms with van der Waals surface area (Å²) >= 11 is 0. The average molecular weight is 416 g/mol. The molecule has 0 saturated carbocycles. The number of hydrogen-bond donors (Lipinski definition) is 0. The highest BCUT2D eigenvalue weighted by Gasteiger charge is 2.30.